The molecule has 0 saturated heterocycles. The van der Waals surface area contributed by atoms with E-state index in [0.717, 1.165) is 21.2 Å². The van der Waals surface area contributed by atoms with Gasteiger partial charge in [-0.05, 0) is 29.8 Å². The Kier molecular flexibility index (Phi) is 6.01. The maximum absolute atomic E-state index is 11.9. The fourth-order valence-electron chi connectivity index (χ4n) is 2.30. The maximum Gasteiger partial charge on any atom is 0.259 e. The van der Waals surface area contributed by atoms with Crippen molar-refractivity contribution < 1.29 is 9.53 Å². The molecule has 6 heteroatoms. The second kappa shape index (κ2) is 8.82. The van der Waals surface area contributed by atoms with E-state index in [9.17, 15) is 4.79 Å². The molecule has 0 aliphatic heterocycles. The highest BCUT2D eigenvalue weighted by Gasteiger charge is 2.02. The van der Waals surface area contributed by atoms with Gasteiger partial charge in [0.2, 0.25) is 0 Å². The summed E-state index contributed by atoms with van der Waals surface area (Å²) in [5.74, 6) is 0.518. The number of carbonyl (C=O) groups is 1. The summed E-state index contributed by atoms with van der Waals surface area (Å²) in [6.45, 7) is 0.129. The van der Waals surface area contributed by atoms with Gasteiger partial charge in [-0.1, -0.05) is 36.4 Å². The number of methoxy groups -OCH3 is 1. The van der Waals surface area contributed by atoms with Crippen LogP contribution in [0.4, 0.5) is 5.69 Å². The molecule has 0 unspecified atom stereocenters. The van der Waals surface area contributed by atoms with Crippen LogP contribution in [0.2, 0.25) is 0 Å². The molecule has 26 heavy (non-hydrogen) atoms. The zero-order chi connectivity index (χ0) is 18.2. The lowest BCUT2D eigenvalue weighted by molar-refractivity contribution is -0.119. The Morgan fingerprint density at radius 2 is 1.96 bits per heavy atom. The van der Waals surface area contributed by atoms with E-state index in [1.807, 2.05) is 54.6 Å². The minimum Gasteiger partial charge on any atom is -0.497 e. The van der Waals surface area contributed by atoms with Gasteiger partial charge in [-0.15, -0.1) is 11.3 Å². The molecule has 3 rings (SSSR count). The number of amides is 1. The molecule has 1 aromatic heterocycles. The molecule has 2 N–H and O–H groups in total. The predicted molar refractivity (Wildman–Crippen MR) is 107 cm³/mol. The van der Waals surface area contributed by atoms with Gasteiger partial charge in [0.1, 0.15) is 5.75 Å². The van der Waals surface area contributed by atoms with Crippen molar-refractivity contribution in [2.24, 2.45) is 5.10 Å². The minimum atomic E-state index is -0.219. The summed E-state index contributed by atoms with van der Waals surface area (Å²) < 4.78 is 5.15. The molecule has 0 bridgehead atoms. The largest absolute Gasteiger partial charge is 0.497 e. The SMILES string of the molecule is COc1cccc(NCC(=O)N/N=C\c2ccc(-c3ccccc3)s2)c1. The normalized spacial score (nSPS) is 10.7. The first-order valence-corrected chi connectivity index (χ1v) is 8.91. The molecule has 1 heterocycles. The Bertz CT molecular complexity index is 891. The molecule has 0 fully saturated rings. The van der Waals surface area contributed by atoms with Crippen molar-refractivity contribution in [1.82, 2.24) is 5.43 Å². The second-order valence-corrected chi connectivity index (χ2v) is 6.56. The number of thiophene rings is 1. The third-order valence-electron chi connectivity index (χ3n) is 3.59. The number of hydrazone groups is 1. The summed E-state index contributed by atoms with van der Waals surface area (Å²) in [7, 11) is 1.61. The van der Waals surface area contributed by atoms with E-state index in [-0.39, 0.29) is 12.5 Å². The van der Waals surface area contributed by atoms with Gasteiger partial charge in [0.25, 0.3) is 5.91 Å². The van der Waals surface area contributed by atoms with Crippen molar-refractivity contribution in [2.45, 2.75) is 0 Å². The van der Waals surface area contributed by atoms with Gasteiger partial charge in [-0.25, -0.2) is 5.43 Å². The van der Waals surface area contributed by atoms with Crippen LogP contribution in [0.25, 0.3) is 10.4 Å². The van der Waals surface area contributed by atoms with E-state index in [2.05, 4.69) is 28.0 Å². The highest BCUT2D eigenvalue weighted by Crippen LogP contribution is 2.26. The summed E-state index contributed by atoms with van der Waals surface area (Å²) in [5.41, 5.74) is 4.51. The summed E-state index contributed by atoms with van der Waals surface area (Å²) in [6.07, 6.45) is 1.65. The van der Waals surface area contributed by atoms with E-state index >= 15 is 0 Å². The Morgan fingerprint density at radius 3 is 2.77 bits per heavy atom. The summed E-state index contributed by atoms with van der Waals surface area (Å²) in [6, 6.07) is 21.6. The Labute approximate surface area is 156 Å². The zero-order valence-corrected chi connectivity index (χ0v) is 15.1. The lowest BCUT2D eigenvalue weighted by Crippen LogP contribution is -2.25. The van der Waals surface area contributed by atoms with Crippen LogP contribution in [-0.4, -0.2) is 25.8 Å². The van der Waals surface area contributed by atoms with E-state index < -0.39 is 0 Å². The predicted octanol–water partition coefficient (Wildman–Crippen LogP) is 3.99. The van der Waals surface area contributed by atoms with Crippen LogP contribution < -0.4 is 15.5 Å². The van der Waals surface area contributed by atoms with Gasteiger partial charge in [0.15, 0.2) is 0 Å². The van der Waals surface area contributed by atoms with Crippen molar-refractivity contribution in [3.05, 3.63) is 71.6 Å². The van der Waals surface area contributed by atoms with E-state index in [1.165, 1.54) is 5.56 Å². The number of anilines is 1. The van der Waals surface area contributed by atoms with Crippen molar-refractivity contribution in [3.8, 4) is 16.2 Å². The van der Waals surface area contributed by atoms with E-state index in [0.29, 0.717) is 0 Å². The number of rotatable bonds is 7. The first-order chi connectivity index (χ1) is 12.7. The van der Waals surface area contributed by atoms with Crippen molar-refractivity contribution >= 4 is 29.1 Å². The third-order valence-corrected chi connectivity index (χ3v) is 4.66. The highest BCUT2D eigenvalue weighted by atomic mass is 32.1. The number of benzene rings is 2. The first-order valence-electron chi connectivity index (χ1n) is 8.10. The van der Waals surface area contributed by atoms with Crippen molar-refractivity contribution in [1.29, 1.82) is 0 Å². The van der Waals surface area contributed by atoms with Crippen LogP contribution in [0.3, 0.4) is 0 Å². The highest BCUT2D eigenvalue weighted by molar-refractivity contribution is 7.17. The molecule has 5 nitrogen and oxygen atoms in total. The Hall–Kier alpha value is -3.12. The molecule has 0 atom stereocenters. The fourth-order valence-corrected chi connectivity index (χ4v) is 3.19. The molecular weight excluding hydrogens is 346 g/mol. The van der Waals surface area contributed by atoms with Gasteiger partial charge in [-0.3, -0.25) is 4.79 Å². The molecule has 0 aliphatic carbocycles. The molecule has 0 radical (unpaired) electrons. The number of nitrogens with one attached hydrogen (secondary N) is 2. The molecule has 1 amide bonds. The third kappa shape index (κ3) is 4.94. The fraction of sp³-hybridized carbons (Fsp3) is 0.100. The Balaban J connectivity index is 1.49. The average Bonchev–Trinajstić information content (AvgIpc) is 3.16. The molecule has 0 saturated carbocycles. The smallest absolute Gasteiger partial charge is 0.259 e. The van der Waals surface area contributed by atoms with Gasteiger partial charge in [0, 0.05) is 21.5 Å². The standard InChI is InChI=1S/C20H19N3O2S/c1-25-17-9-5-8-16(12-17)21-14-20(24)23-22-13-18-10-11-19(26-18)15-6-3-2-4-7-15/h2-13,21H,14H2,1H3,(H,23,24)/b22-13-. The van der Waals surface area contributed by atoms with Gasteiger partial charge in [-0.2, -0.15) is 5.10 Å². The van der Waals surface area contributed by atoms with Crippen LogP contribution in [0.5, 0.6) is 5.75 Å². The molecule has 3 aromatic rings. The van der Waals surface area contributed by atoms with Crippen LogP contribution in [0.1, 0.15) is 4.88 Å². The molecule has 0 spiro atoms. The van der Waals surface area contributed by atoms with E-state index in [4.69, 9.17) is 4.74 Å². The number of nitrogens with zero attached hydrogens (tertiary/aromatic N) is 1. The summed E-state index contributed by atoms with van der Waals surface area (Å²) in [5, 5.41) is 7.05. The zero-order valence-electron chi connectivity index (χ0n) is 14.3. The van der Waals surface area contributed by atoms with Gasteiger partial charge in [0.05, 0.1) is 19.9 Å². The van der Waals surface area contributed by atoms with Crippen LogP contribution in [0, 0.1) is 0 Å². The van der Waals surface area contributed by atoms with Crippen molar-refractivity contribution in [3.63, 3.8) is 0 Å². The number of hydrogen-bond donors (Lipinski definition) is 2. The lowest BCUT2D eigenvalue weighted by Gasteiger charge is -2.06. The first kappa shape index (κ1) is 17.7. The minimum absolute atomic E-state index is 0.129. The van der Waals surface area contributed by atoms with Crippen LogP contribution in [0.15, 0.2) is 71.8 Å². The number of hydrogen-bond acceptors (Lipinski definition) is 5. The Morgan fingerprint density at radius 1 is 1.12 bits per heavy atom. The monoisotopic (exact) mass is 365 g/mol. The maximum atomic E-state index is 11.9. The average molecular weight is 365 g/mol. The molecular formula is C20H19N3O2S. The summed E-state index contributed by atoms with van der Waals surface area (Å²) >= 11 is 1.62. The summed E-state index contributed by atoms with van der Waals surface area (Å²) in [4.78, 5) is 14.0. The molecule has 0 aliphatic rings. The quantitative estimate of drug-likeness (QED) is 0.492. The number of carbonyl (C=O) groups excluding carboxylic acids is 1. The van der Waals surface area contributed by atoms with Gasteiger partial charge >= 0.3 is 0 Å². The molecule has 2 aromatic carbocycles. The topological polar surface area (TPSA) is 62.7 Å². The van der Waals surface area contributed by atoms with E-state index in [1.54, 1.807) is 24.7 Å². The van der Waals surface area contributed by atoms with Gasteiger partial charge < -0.3 is 10.1 Å². The number of ether oxygens (including phenoxy) is 1. The lowest BCUT2D eigenvalue weighted by atomic mass is 10.2. The second-order valence-electron chi connectivity index (χ2n) is 5.45. The molecule has 132 valence electrons. The van der Waals surface area contributed by atoms with Crippen LogP contribution in [-0.2, 0) is 4.79 Å². The van der Waals surface area contributed by atoms with Crippen LogP contribution >= 0.6 is 11.3 Å². The van der Waals surface area contributed by atoms with Crippen molar-refractivity contribution in [2.75, 3.05) is 19.0 Å².